The van der Waals surface area contributed by atoms with E-state index in [4.69, 9.17) is 13.8 Å². The predicted octanol–water partition coefficient (Wildman–Crippen LogP) is 1.95. The summed E-state index contributed by atoms with van der Waals surface area (Å²) in [5.41, 5.74) is 0. The Labute approximate surface area is 66.4 Å². The van der Waals surface area contributed by atoms with Crippen LogP contribution < -0.4 is 0 Å². The van der Waals surface area contributed by atoms with E-state index < -0.39 is 19.7 Å². The van der Waals surface area contributed by atoms with Crippen LogP contribution in [0.2, 0.25) is 0 Å². The van der Waals surface area contributed by atoms with Gasteiger partial charge < -0.3 is 9.26 Å². The highest BCUT2D eigenvalue weighted by molar-refractivity contribution is 7.54. The molecule has 0 aromatic carbocycles. The van der Waals surface area contributed by atoms with Gasteiger partial charge in [-0.25, -0.2) is 0 Å². The summed E-state index contributed by atoms with van der Waals surface area (Å²) in [4.78, 5) is 0. The van der Waals surface area contributed by atoms with Crippen molar-refractivity contribution >= 4 is 7.60 Å². The molecule has 0 spiro atoms. The van der Waals surface area contributed by atoms with Gasteiger partial charge in [-0.15, -0.1) is 0 Å². The zero-order chi connectivity index (χ0) is 8.48. The van der Waals surface area contributed by atoms with Crippen molar-refractivity contribution in [3.05, 3.63) is 0 Å². The van der Waals surface area contributed by atoms with Crippen molar-refractivity contribution in [2.24, 2.45) is 0 Å². The van der Waals surface area contributed by atoms with Crippen LogP contribution >= 0.6 is 7.60 Å². The van der Waals surface area contributed by atoms with Crippen molar-refractivity contribution in [1.82, 2.24) is 0 Å². The first-order valence-corrected chi connectivity index (χ1v) is 5.28. The van der Waals surface area contributed by atoms with Crippen molar-refractivity contribution < 1.29 is 18.3 Å². The second-order valence-electron chi connectivity index (χ2n) is 2.37. The third-order valence-corrected chi connectivity index (χ3v) is 3.66. The van der Waals surface area contributed by atoms with Crippen LogP contribution in [0.15, 0.2) is 0 Å². The first kappa shape index (κ1) is 9.20. The van der Waals surface area contributed by atoms with Crippen LogP contribution in [0.4, 0.5) is 0 Å². The maximum absolute atomic E-state index is 11.6. The van der Waals surface area contributed by atoms with Crippen LogP contribution in [-0.4, -0.2) is 18.7 Å². The molecule has 0 amide bonds. The van der Waals surface area contributed by atoms with Crippen molar-refractivity contribution in [3.63, 3.8) is 0 Å². The zero-order valence-electron chi connectivity index (χ0n) is 6.94. The third-order valence-electron chi connectivity index (χ3n) is 1.44. The van der Waals surface area contributed by atoms with Gasteiger partial charge >= 0.3 is 7.60 Å². The number of ether oxygens (including phenoxy) is 1. The number of hydrogen-bond acceptors (Lipinski definition) is 4. The average Bonchev–Trinajstić information content (AvgIpc) is 2.08. The second kappa shape index (κ2) is 3.23. The van der Waals surface area contributed by atoms with E-state index >= 15 is 0 Å². The maximum atomic E-state index is 11.6. The summed E-state index contributed by atoms with van der Waals surface area (Å²) in [5, 5.41) is 0. The first-order chi connectivity index (χ1) is 5.08. The van der Waals surface area contributed by atoms with Gasteiger partial charge in [-0.1, -0.05) is 0 Å². The van der Waals surface area contributed by atoms with E-state index in [0.717, 1.165) is 0 Å². The lowest BCUT2D eigenvalue weighted by atomic mass is 10.7. The summed E-state index contributed by atoms with van der Waals surface area (Å²) in [6.07, 6.45) is -0.414. The summed E-state index contributed by atoms with van der Waals surface area (Å²) in [6, 6.07) is 0. The fourth-order valence-electron chi connectivity index (χ4n) is 0.985. The van der Waals surface area contributed by atoms with E-state index in [9.17, 15) is 4.57 Å². The van der Waals surface area contributed by atoms with Gasteiger partial charge in [0, 0.05) is 0 Å². The van der Waals surface area contributed by atoms with Gasteiger partial charge in [-0.05, 0) is 20.8 Å². The smallest absolute Gasteiger partial charge is 0.337 e. The van der Waals surface area contributed by atoms with Crippen molar-refractivity contribution in [1.29, 1.82) is 0 Å². The van der Waals surface area contributed by atoms with E-state index in [1.165, 1.54) is 0 Å². The highest BCUT2D eigenvalue weighted by Crippen LogP contribution is 2.59. The zero-order valence-corrected chi connectivity index (χ0v) is 7.84. The highest BCUT2D eigenvalue weighted by Gasteiger charge is 2.42. The standard InChI is InChI=1S/C6H13O4P/c1-4-8-11(7)6(3)9-5(2)10-11/h5-6H,4H2,1-3H3. The molecule has 0 aromatic heterocycles. The Morgan fingerprint density at radius 1 is 1.55 bits per heavy atom. The van der Waals surface area contributed by atoms with E-state index in [-0.39, 0.29) is 0 Å². The molecular formula is C6H13O4P. The molecule has 0 saturated carbocycles. The molecular weight excluding hydrogens is 167 g/mol. The molecule has 0 aliphatic carbocycles. The minimum atomic E-state index is -2.94. The van der Waals surface area contributed by atoms with Gasteiger partial charge in [-0.3, -0.25) is 9.09 Å². The number of hydrogen-bond donors (Lipinski definition) is 0. The summed E-state index contributed by atoms with van der Waals surface area (Å²) in [5.74, 6) is -0.433. The Kier molecular flexibility index (Phi) is 2.70. The minimum Gasteiger partial charge on any atom is -0.337 e. The molecule has 0 aromatic rings. The molecule has 1 rings (SSSR count). The van der Waals surface area contributed by atoms with E-state index in [1.807, 2.05) is 0 Å². The molecule has 1 heterocycles. The van der Waals surface area contributed by atoms with Crippen molar-refractivity contribution in [3.8, 4) is 0 Å². The van der Waals surface area contributed by atoms with E-state index in [0.29, 0.717) is 6.61 Å². The number of rotatable bonds is 2. The van der Waals surface area contributed by atoms with Gasteiger partial charge in [0.05, 0.1) is 6.61 Å². The lowest BCUT2D eigenvalue weighted by Crippen LogP contribution is -2.03. The Hall–Kier alpha value is 0.110. The van der Waals surface area contributed by atoms with Crippen LogP contribution in [-0.2, 0) is 18.3 Å². The molecule has 0 bridgehead atoms. The third kappa shape index (κ3) is 1.82. The molecule has 66 valence electrons. The minimum absolute atomic E-state index is 0.387. The average molecular weight is 180 g/mol. The molecule has 11 heavy (non-hydrogen) atoms. The molecule has 1 aliphatic rings. The molecule has 3 unspecified atom stereocenters. The molecule has 1 aliphatic heterocycles. The highest BCUT2D eigenvalue weighted by atomic mass is 31.2. The fourth-order valence-corrected chi connectivity index (χ4v) is 2.57. The van der Waals surface area contributed by atoms with Gasteiger partial charge in [0.1, 0.15) is 0 Å². The largest absolute Gasteiger partial charge is 0.361 e. The van der Waals surface area contributed by atoms with Gasteiger partial charge in [0.2, 0.25) is 0 Å². The first-order valence-electron chi connectivity index (χ1n) is 3.66. The van der Waals surface area contributed by atoms with Crippen LogP contribution in [0, 0.1) is 0 Å². The lowest BCUT2D eigenvalue weighted by molar-refractivity contribution is -0.0289. The van der Waals surface area contributed by atoms with Crippen molar-refractivity contribution in [2.45, 2.75) is 32.9 Å². The molecule has 1 saturated heterocycles. The summed E-state index contributed by atoms with van der Waals surface area (Å²) in [7, 11) is -2.94. The van der Waals surface area contributed by atoms with Crippen molar-refractivity contribution in [2.75, 3.05) is 6.61 Å². The maximum Gasteiger partial charge on any atom is 0.361 e. The molecule has 1 fully saturated rings. The second-order valence-corrected chi connectivity index (χ2v) is 4.64. The van der Waals surface area contributed by atoms with Gasteiger partial charge in [-0.2, -0.15) is 0 Å². The van der Waals surface area contributed by atoms with Gasteiger partial charge in [0.25, 0.3) is 0 Å². The summed E-state index contributed by atoms with van der Waals surface area (Å²) >= 11 is 0. The molecule has 3 atom stereocenters. The van der Waals surface area contributed by atoms with Gasteiger partial charge in [0.15, 0.2) is 12.1 Å². The quantitative estimate of drug-likeness (QED) is 0.609. The summed E-state index contributed by atoms with van der Waals surface area (Å²) < 4.78 is 26.7. The normalized spacial score (nSPS) is 44.6. The van der Waals surface area contributed by atoms with Crippen LogP contribution in [0.3, 0.4) is 0 Å². The Bertz CT molecular complexity index is 181. The molecule has 4 nitrogen and oxygen atoms in total. The fraction of sp³-hybridized carbons (Fsp3) is 1.00. The predicted molar refractivity (Wildman–Crippen MR) is 40.3 cm³/mol. The summed E-state index contributed by atoms with van der Waals surface area (Å²) in [6.45, 7) is 5.56. The Morgan fingerprint density at radius 3 is 2.55 bits per heavy atom. The van der Waals surface area contributed by atoms with Crippen LogP contribution in [0.5, 0.6) is 0 Å². The lowest BCUT2D eigenvalue weighted by Gasteiger charge is -2.11. The Morgan fingerprint density at radius 2 is 2.18 bits per heavy atom. The molecule has 0 N–H and O–H groups in total. The SMILES string of the molecule is CCOP1(=O)OC(C)OC1C. The molecule has 0 radical (unpaired) electrons. The Balaban J connectivity index is 2.63. The molecule has 5 heteroatoms. The monoisotopic (exact) mass is 180 g/mol. The van der Waals surface area contributed by atoms with E-state index in [1.54, 1.807) is 20.8 Å². The topological polar surface area (TPSA) is 44.8 Å². The van der Waals surface area contributed by atoms with Crippen LogP contribution in [0.1, 0.15) is 20.8 Å². The van der Waals surface area contributed by atoms with Crippen LogP contribution in [0.25, 0.3) is 0 Å². The van der Waals surface area contributed by atoms with E-state index in [2.05, 4.69) is 0 Å².